The van der Waals surface area contributed by atoms with Gasteiger partial charge in [0.05, 0.1) is 28.0 Å². The third-order valence-electron chi connectivity index (χ3n) is 7.11. The number of aromatic nitrogens is 2. The Kier molecular flexibility index (Phi) is 6.52. The maximum atomic E-state index is 13.7. The molecule has 5 heterocycles. The fraction of sp³-hybridized carbons (Fsp3) is 0.500. The van der Waals surface area contributed by atoms with Crippen LogP contribution < -0.4 is 10.5 Å². The SMILES string of the molecule is CCC1CCCCN1c1nc2c(C)cccn2c(=O)c1C=C1SC(=S)N(C2CCS(=O)(=O)C2)C1=O. The van der Waals surface area contributed by atoms with Crippen molar-refractivity contribution in [3.8, 4) is 0 Å². The van der Waals surface area contributed by atoms with E-state index in [1.54, 1.807) is 12.3 Å². The smallest absolute Gasteiger partial charge is 0.267 e. The number of pyridine rings is 1. The first kappa shape index (κ1) is 24.5. The highest BCUT2D eigenvalue weighted by atomic mass is 32.2. The van der Waals surface area contributed by atoms with Gasteiger partial charge in [-0.3, -0.25) is 18.9 Å². The Hall–Kier alpha value is -2.24. The van der Waals surface area contributed by atoms with E-state index in [2.05, 4.69) is 11.8 Å². The number of thioether (sulfide) groups is 1. The van der Waals surface area contributed by atoms with E-state index in [9.17, 15) is 18.0 Å². The topological polar surface area (TPSA) is 92.1 Å². The number of aryl methyl sites for hydroxylation is 1. The quantitative estimate of drug-likeness (QED) is 0.438. The second-order valence-corrected chi connectivity index (χ2v) is 13.3. The van der Waals surface area contributed by atoms with Crippen molar-refractivity contribution in [1.29, 1.82) is 0 Å². The van der Waals surface area contributed by atoms with E-state index in [4.69, 9.17) is 17.2 Å². The van der Waals surface area contributed by atoms with Crippen LogP contribution in [-0.4, -0.2) is 63.1 Å². The van der Waals surface area contributed by atoms with Crippen molar-refractivity contribution in [2.24, 2.45) is 0 Å². The maximum absolute atomic E-state index is 13.7. The number of nitrogens with zero attached hydrogens (tertiary/aromatic N) is 4. The summed E-state index contributed by atoms with van der Waals surface area (Å²) >= 11 is 6.59. The van der Waals surface area contributed by atoms with Crippen LogP contribution in [0.25, 0.3) is 11.7 Å². The van der Waals surface area contributed by atoms with Gasteiger partial charge >= 0.3 is 0 Å². The average Bonchev–Trinajstić information content (AvgIpc) is 3.32. The number of carbonyl (C=O) groups is 1. The summed E-state index contributed by atoms with van der Waals surface area (Å²) in [6, 6.07) is 3.56. The number of piperidine rings is 1. The normalized spacial score (nSPS) is 25.8. The van der Waals surface area contributed by atoms with E-state index in [0.717, 1.165) is 49.6 Å². The highest BCUT2D eigenvalue weighted by molar-refractivity contribution is 8.26. The van der Waals surface area contributed by atoms with E-state index < -0.39 is 15.9 Å². The number of hydrogen-bond donors (Lipinski definition) is 0. The molecule has 3 aliphatic heterocycles. The van der Waals surface area contributed by atoms with Gasteiger partial charge in [-0.25, -0.2) is 13.4 Å². The number of fused-ring (bicyclic) bond motifs is 1. The number of sulfone groups is 1. The molecule has 11 heteroatoms. The lowest BCUT2D eigenvalue weighted by Crippen LogP contribution is -2.41. The lowest BCUT2D eigenvalue weighted by molar-refractivity contribution is -0.123. The van der Waals surface area contributed by atoms with E-state index in [0.29, 0.717) is 32.7 Å². The Bertz CT molecular complexity index is 1420. The van der Waals surface area contributed by atoms with Gasteiger partial charge in [-0.1, -0.05) is 37.0 Å². The number of anilines is 1. The molecule has 8 nitrogen and oxygen atoms in total. The third-order valence-corrected chi connectivity index (χ3v) is 10.2. The Morgan fingerprint density at radius 3 is 2.77 bits per heavy atom. The molecule has 0 radical (unpaired) electrons. The predicted octanol–water partition coefficient (Wildman–Crippen LogP) is 3.16. The molecule has 0 aromatic carbocycles. The second kappa shape index (κ2) is 9.33. The van der Waals surface area contributed by atoms with Gasteiger partial charge in [-0.05, 0) is 56.7 Å². The lowest BCUT2D eigenvalue weighted by Gasteiger charge is -2.37. The number of hydrogen-bond acceptors (Lipinski definition) is 8. The van der Waals surface area contributed by atoms with E-state index in [1.165, 1.54) is 9.30 Å². The Labute approximate surface area is 214 Å². The first-order chi connectivity index (χ1) is 16.7. The van der Waals surface area contributed by atoms with Crippen molar-refractivity contribution in [3.63, 3.8) is 0 Å². The van der Waals surface area contributed by atoms with Crippen molar-refractivity contribution >= 4 is 61.6 Å². The first-order valence-electron chi connectivity index (χ1n) is 12.0. The monoisotopic (exact) mass is 532 g/mol. The summed E-state index contributed by atoms with van der Waals surface area (Å²) in [5, 5.41) is 0. The molecule has 3 saturated heterocycles. The minimum atomic E-state index is -3.17. The molecule has 0 aliphatic carbocycles. The zero-order chi connectivity index (χ0) is 24.9. The van der Waals surface area contributed by atoms with Gasteiger partial charge in [0.25, 0.3) is 11.5 Å². The Morgan fingerprint density at radius 1 is 1.26 bits per heavy atom. The van der Waals surface area contributed by atoms with Gasteiger partial charge in [0.2, 0.25) is 0 Å². The summed E-state index contributed by atoms with van der Waals surface area (Å²) in [5.74, 6) is 0.237. The summed E-state index contributed by atoms with van der Waals surface area (Å²) in [6.45, 7) is 4.87. The van der Waals surface area contributed by atoms with Crippen LogP contribution in [0.5, 0.6) is 0 Å². The molecule has 0 bridgehead atoms. The van der Waals surface area contributed by atoms with Crippen LogP contribution in [0, 0.1) is 6.92 Å². The molecule has 5 rings (SSSR count). The second-order valence-electron chi connectivity index (χ2n) is 9.40. The predicted molar refractivity (Wildman–Crippen MR) is 144 cm³/mol. The van der Waals surface area contributed by atoms with Crippen LogP contribution in [0.2, 0.25) is 0 Å². The van der Waals surface area contributed by atoms with Crippen LogP contribution in [0.3, 0.4) is 0 Å². The van der Waals surface area contributed by atoms with Gasteiger partial charge in [0.1, 0.15) is 15.8 Å². The molecular weight excluding hydrogens is 504 g/mol. The van der Waals surface area contributed by atoms with Crippen LogP contribution in [0.15, 0.2) is 28.0 Å². The fourth-order valence-electron chi connectivity index (χ4n) is 5.25. The van der Waals surface area contributed by atoms with Crippen LogP contribution in [0.4, 0.5) is 5.82 Å². The largest absolute Gasteiger partial charge is 0.353 e. The number of rotatable bonds is 4. The molecule has 0 saturated carbocycles. The zero-order valence-electron chi connectivity index (χ0n) is 19.8. The Morgan fingerprint density at radius 2 is 2.06 bits per heavy atom. The molecule has 2 aromatic rings. The average molecular weight is 533 g/mol. The third kappa shape index (κ3) is 4.42. The fourth-order valence-corrected chi connectivity index (χ4v) is 8.34. The molecule has 2 atom stereocenters. The van der Waals surface area contributed by atoms with Gasteiger partial charge in [-0.15, -0.1) is 0 Å². The summed E-state index contributed by atoms with van der Waals surface area (Å²) < 4.78 is 25.9. The Balaban J connectivity index is 1.63. The lowest BCUT2D eigenvalue weighted by atomic mass is 9.99. The minimum absolute atomic E-state index is 0.0561. The first-order valence-corrected chi connectivity index (χ1v) is 15.0. The van der Waals surface area contributed by atoms with Gasteiger partial charge in [0.15, 0.2) is 9.84 Å². The highest BCUT2D eigenvalue weighted by Gasteiger charge is 2.42. The molecular formula is C24H28N4O4S3. The molecule has 186 valence electrons. The summed E-state index contributed by atoms with van der Waals surface area (Å²) in [7, 11) is -3.17. The summed E-state index contributed by atoms with van der Waals surface area (Å²) in [4.78, 5) is 36.0. The molecule has 3 fully saturated rings. The van der Waals surface area contributed by atoms with Crippen molar-refractivity contribution in [2.45, 2.75) is 58.0 Å². The number of amides is 1. The zero-order valence-corrected chi connectivity index (χ0v) is 22.2. The maximum Gasteiger partial charge on any atom is 0.267 e. The van der Waals surface area contributed by atoms with E-state index in [1.807, 2.05) is 19.1 Å². The van der Waals surface area contributed by atoms with Gasteiger partial charge in [0, 0.05) is 18.8 Å². The minimum Gasteiger partial charge on any atom is -0.353 e. The van der Waals surface area contributed by atoms with Crippen molar-refractivity contribution in [2.75, 3.05) is 23.0 Å². The van der Waals surface area contributed by atoms with E-state index >= 15 is 0 Å². The molecule has 0 spiro atoms. The molecule has 2 unspecified atom stereocenters. The summed E-state index contributed by atoms with van der Waals surface area (Å²) in [5.41, 5.74) is 1.64. The van der Waals surface area contributed by atoms with Crippen molar-refractivity contribution in [1.82, 2.24) is 14.3 Å². The number of carbonyl (C=O) groups excluding carboxylic acids is 1. The molecule has 35 heavy (non-hydrogen) atoms. The van der Waals surface area contributed by atoms with Crippen LogP contribution in [-0.2, 0) is 14.6 Å². The molecule has 0 N–H and O–H groups in total. The molecule has 3 aliphatic rings. The van der Waals surface area contributed by atoms with Crippen molar-refractivity contribution < 1.29 is 13.2 Å². The number of thiocarbonyl (C=S) groups is 1. The standard InChI is InChI=1S/C24H28N4O4S3/c1-3-16-8-4-5-10-26(16)21-18(22(29)27-11-6-7-15(2)20(27)25-21)13-19-23(30)28(24(33)34-19)17-9-12-35(31,32)14-17/h6-7,11,13,16-17H,3-5,8-10,12,14H2,1-2H3. The van der Waals surface area contributed by atoms with Gasteiger partial charge < -0.3 is 4.90 Å². The van der Waals surface area contributed by atoms with Gasteiger partial charge in [-0.2, -0.15) is 0 Å². The molecule has 2 aromatic heterocycles. The van der Waals surface area contributed by atoms with Crippen LogP contribution in [0.1, 0.15) is 50.2 Å². The highest BCUT2D eigenvalue weighted by Crippen LogP contribution is 2.37. The summed E-state index contributed by atoms with van der Waals surface area (Å²) in [6.07, 6.45) is 7.81. The molecule has 1 amide bonds. The van der Waals surface area contributed by atoms with Crippen molar-refractivity contribution in [3.05, 3.63) is 44.7 Å². The van der Waals surface area contributed by atoms with Crippen LogP contribution >= 0.6 is 24.0 Å². The van der Waals surface area contributed by atoms with E-state index in [-0.39, 0.29) is 29.0 Å².